The third kappa shape index (κ3) is 6.01. The summed E-state index contributed by atoms with van der Waals surface area (Å²) in [7, 11) is 0. The summed E-state index contributed by atoms with van der Waals surface area (Å²) < 4.78 is 0. The Balaban J connectivity index is 1.59. The van der Waals surface area contributed by atoms with Gasteiger partial charge < -0.3 is 5.32 Å². The number of halogens is 1. The highest BCUT2D eigenvalue weighted by molar-refractivity contribution is 7.99. The summed E-state index contributed by atoms with van der Waals surface area (Å²) >= 11 is 7.55. The van der Waals surface area contributed by atoms with Crippen LogP contribution in [0.1, 0.15) is 6.42 Å². The molecule has 2 aromatic rings. The number of carbonyl (C=O) groups is 1. The minimum atomic E-state index is -0.294. The van der Waals surface area contributed by atoms with Crippen LogP contribution < -0.4 is 10.6 Å². The summed E-state index contributed by atoms with van der Waals surface area (Å²) in [6.07, 6.45) is 4.02. The van der Waals surface area contributed by atoms with Crippen molar-refractivity contribution in [3.8, 4) is 0 Å². The molecule has 110 valence electrons. The number of nitrogens with zero attached hydrogens (tertiary/aromatic N) is 2. The maximum absolute atomic E-state index is 11.6. The van der Waals surface area contributed by atoms with Gasteiger partial charge >= 0.3 is 6.03 Å². The number of rotatable bonds is 6. The zero-order valence-electron chi connectivity index (χ0n) is 11.3. The Morgan fingerprint density at radius 2 is 1.90 bits per heavy atom. The molecule has 0 spiro atoms. The minimum Gasteiger partial charge on any atom is -0.338 e. The Bertz CT molecular complexity index is 565. The molecule has 7 heteroatoms. The van der Waals surface area contributed by atoms with Crippen molar-refractivity contribution in [2.75, 3.05) is 17.6 Å². The van der Waals surface area contributed by atoms with Crippen LogP contribution in [0.4, 0.5) is 10.7 Å². The molecule has 2 rings (SSSR count). The molecule has 5 nitrogen and oxygen atoms in total. The van der Waals surface area contributed by atoms with E-state index in [2.05, 4.69) is 20.6 Å². The van der Waals surface area contributed by atoms with Crippen LogP contribution >= 0.6 is 23.4 Å². The summed E-state index contributed by atoms with van der Waals surface area (Å²) in [5.74, 6) is 1.22. The van der Waals surface area contributed by atoms with Gasteiger partial charge in [0.25, 0.3) is 0 Å². The third-order valence-corrected chi connectivity index (χ3v) is 3.83. The molecule has 0 radical (unpaired) electrons. The van der Waals surface area contributed by atoms with Gasteiger partial charge in [-0.3, -0.25) is 5.32 Å². The number of benzene rings is 1. The van der Waals surface area contributed by atoms with E-state index in [9.17, 15) is 4.79 Å². The summed E-state index contributed by atoms with van der Waals surface area (Å²) in [6, 6.07) is 9.11. The molecule has 21 heavy (non-hydrogen) atoms. The van der Waals surface area contributed by atoms with E-state index in [1.54, 1.807) is 30.2 Å². The van der Waals surface area contributed by atoms with E-state index in [1.165, 1.54) is 4.90 Å². The normalized spacial score (nSPS) is 10.1. The molecular formula is C14H15ClN4OS. The third-order valence-electron chi connectivity index (χ3n) is 2.48. The van der Waals surface area contributed by atoms with Gasteiger partial charge in [0.2, 0.25) is 5.95 Å². The van der Waals surface area contributed by atoms with Crippen molar-refractivity contribution in [2.45, 2.75) is 11.3 Å². The first-order chi connectivity index (χ1) is 10.2. The molecule has 2 amide bonds. The van der Waals surface area contributed by atoms with E-state index in [0.717, 1.165) is 17.2 Å². The van der Waals surface area contributed by atoms with Crippen LogP contribution in [0.25, 0.3) is 0 Å². The van der Waals surface area contributed by atoms with Crippen molar-refractivity contribution in [3.05, 3.63) is 47.7 Å². The molecule has 0 aliphatic heterocycles. The second-order valence-electron chi connectivity index (χ2n) is 4.11. The van der Waals surface area contributed by atoms with E-state index in [-0.39, 0.29) is 6.03 Å². The second kappa shape index (κ2) is 8.49. The Morgan fingerprint density at radius 3 is 2.62 bits per heavy atom. The average Bonchev–Trinajstić information content (AvgIpc) is 2.50. The summed E-state index contributed by atoms with van der Waals surface area (Å²) in [6.45, 7) is 0.596. The zero-order chi connectivity index (χ0) is 14.9. The van der Waals surface area contributed by atoms with Crippen molar-refractivity contribution in [3.63, 3.8) is 0 Å². The highest BCUT2D eigenvalue weighted by Gasteiger charge is 2.02. The molecule has 1 aromatic heterocycles. The molecule has 0 saturated carbocycles. The predicted octanol–water partition coefficient (Wildman–Crippen LogP) is 3.43. The summed E-state index contributed by atoms with van der Waals surface area (Å²) in [5, 5.41) is 6.06. The van der Waals surface area contributed by atoms with Crippen molar-refractivity contribution < 1.29 is 4.79 Å². The van der Waals surface area contributed by atoms with Gasteiger partial charge in [0.1, 0.15) is 0 Å². The Morgan fingerprint density at radius 1 is 1.19 bits per heavy atom. The lowest BCUT2D eigenvalue weighted by Crippen LogP contribution is -2.30. The summed E-state index contributed by atoms with van der Waals surface area (Å²) in [5.41, 5.74) is 0. The molecule has 0 saturated heterocycles. The lowest BCUT2D eigenvalue weighted by atomic mass is 10.4. The topological polar surface area (TPSA) is 66.9 Å². The number of urea groups is 1. The second-order valence-corrected chi connectivity index (χ2v) is 5.71. The van der Waals surface area contributed by atoms with Gasteiger partial charge in [0.15, 0.2) is 0 Å². The lowest BCUT2D eigenvalue weighted by molar-refractivity contribution is 0.252. The summed E-state index contributed by atoms with van der Waals surface area (Å²) in [4.78, 5) is 20.6. The number of amides is 2. The number of nitrogens with one attached hydrogen (secondary N) is 2. The SMILES string of the molecule is O=C(NCCCSc1ccc(Cl)cc1)Nc1ncccn1. The van der Waals surface area contributed by atoms with Crippen LogP contribution in [0.5, 0.6) is 0 Å². The predicted molar refractivity (Wildman–Crippen MR) is 85.8 cm³/mol. The molecule has 2 N–H and O–H groups in total. The van der Waals surface area contributed by atoms with Crippen LogP contribution in [0.2, 0.25) is 5.02 Å². The van der Waals surface area contributed by atoms with E-state index in [0.29, 0.717) is 12.5 Å². The van der Waals surface area contributed by atoms with Crippen LogP contribution in [-0.4, -0.2) is 28.3 Å². The minimum absolute atomic E-state index is 0.294. The van der Waals surface area contributed by atoms with E-state index in [1.807, 2.05) is 24.3 Å². The van der Waals surface area contributed by atoms with Gasteiger partial charge in [-0.25, -0.2) is 14.8 Å². The van der Waals surface area contributed by atoms with Crippen LogP contribution in [0.15, 0.2) is 47.6 Å². The fraction of sp³-hybridized carbons (Fsp3) is 0.214. The number of hydrogen-bond donors (Lipinski definition) is 2. The number of hydrogen-bond acceptors (Lipinski definition) is 4. The van der Waals surface area contributed by atoms with Gasteiger partial charge in [-0.15, -0.1) is 11.8 Å². The van der Waals surface area contributed by atoms with E-state index in [4.69, 9.17) is 11.6 Å². The Kier molecular flexibility index (Phi) is 6.30. The van der Waals surface area contributed by atoms with Gasteiger partial charge in [0.05, 0.1) is 0 Å². The van der Waals surface area contributed by atoms with Crippen LogP contribution in [0, 0.1) is 0 Å². The highest BCUT2D eigenvalue weighted by atomic mass is 35.5. The largest absolute Gasteiger partial charge is 0.338 e. The molecule has 0 atom stereocenters. The first-order valence-electron chi connectivity index (χ1n) is 6.44. The van der Waals surface area contributed by atoms with E-state index >= 15 is 0 Å². The molecule has 0 unspecified atom stereocenters. The first-order valence-corrected chi connectivity index (χ1v) is 7.80. The Labute approximate surface area is 132 Å². The van der Waals surface area contributed by atoms with Gasteiger partial charge in [-0.05, 0) is 42.5 Å². The number of carbonyl (C=O) groups excluding carboxylic acids is 1. The maximum atomic E-state index is 11.6. The molecule has 0 aliphatic rings. The number of thioether (sulfide) groups is 1. The standard InChI is InChI=1S/C14H15ClN4OS/c15-11-3-5-12(6-4-11)21-10-2-9-18-14(20)19-13-16-7-1-8-17-13/h1,3-8H,2,9-10H2,(H2,16,17,18,19,20). The zero-order valence-corrected chi connectivity index (χ0v) is 12.8. The fourth-order valence-electron chi connectivity index (χ4n) is 1.50. The fourth-order valence-corrected chi connectivity index (χ4v) is 2.48. The first kappa shape index (κ1) is 15.6. The quantitative estimate of drug-likeness (QED) is 0.631. The molecule has 0 fully saturated rings. The smallest absolute Gasteiger partial charge is 0.321 e. The maximum Gasteiger partial charge on any atom is 0.321 e. The molecule has 0 bridgehead atoms. The lowest BCUT2D eigenvalue weighted by Gasteiger charge is -2.06. The van der Waals surface area contributed by atoms with Crippen molar-refractivity contribution in [1.82, 2.24) is 15.3 Å². The monoisotopic (exact) mass is 322 g/mol. The van der Waals surface area contributed by atoms with Crippen LogP contribution in [-0.2, 0) is 0 Å². The number of aromatic nitrogens is 2. The number of anilines is 1. The van der Waals surface area contributed by atoms with Gasteiger partial charge in [-0.1, -0.05) is 11.6 Å². The van der Waals surface area contributed by atoms with Crippen molar-refractivity contribution >= 4 is 35.3 Å². The molecular weight excluding hydrogens is 308 g/mol. The molecule has 0 aliphatic carbocycles. The Hall–Kier alpha value is -1.79. The van der Waals surface area contributed by atoms with Crippen molar-refractivity contribution in [2.24, 2.45) is 0 Å². The van der Waals surface area contributed by atoms with Crippen molar-refractivity contribution in [1.29, 1.82) is 0 Å². The van der Waals surface area contributed by atoms with Gasteiger partial charge in [-0.2, -0.15) is 0 Å². The van der Waals surface area contributed by atoms with Gasteiger partial charge in [0, 0.05) is 28.9 Å². The average molecular weight is 323 g/mol. The van der Waals surface area contributed by atoms with Crippen LogP contribution in [0.3, 0.4) is 0 Å². The molecule has 1 heterocycles. The molecule has 1 aromatic carbocycles. The van der Waals surface area contributed by atoms with E-state index < -0.39 is 0 Å². The highest BCUT2D eigenvalue weighted by Crippen LogP contribution is 2.20.